The topological polar surface area (TPSA) is 255 Å². The highest BCUT2D eigenvalue weighted by atomic mass is 31.2. The van der Waals surface area contributed by atoms with E-state index in [4.69, 9.17) is 26.7 Å². The molecule has 0 rings (SSSR count). The van der Waals surface area contributed by atoms with Crippen LogP contribution in [0.25, 0.3) is 0 Å². The van der Waals surface area contributed by atoms with E-state index in [2.05, 4.69) is 4.52 Å². The monoisotopic (exact) mass is 493 g/mol. The largest absolute Gasteiger partial charge is 0.399 e. The highest BCUT2D eigenvalue weighted by Gasteiger charge is 2.61. The van der Waals surface area contributed by atoms with Crippen molar-refractivity contribution in [2.75, 3.05) is 6.54 Å². The molecule has 0 aliphatic heterocycles. The van der Waals surface area contributed by atoms with E-state index < -0.39 is 69.0 Å². The Balaban J connectivity index is 5.98. The van der Waals surface area contributed by atoms with E-state index >= 15 is 0 Å². The minimum atomic E-state index is -5.74. The van der Waals surface area contributed by atoms with Crippen molar-refractivity contribution >= 4 is 27.1 Å². The lowest BCUT2D eigenvalue weighted by Crippen LogP contribution is -2.44. The second-order valence-corrected chi connectivity index (χ2v) is 11.7. The number of carbonyl (C=O) groups excluding carboxylic acids is 2. The summed E-state index contributed by atoms with van der Waals surface area (Å²) in [4.78, 5) is 53.4. The molecule has 16 heteroatoms. The van der Waals surface area contributed by atoms with Gasteiger partial charge in [-0.1, -0.05) is 27.7 Å². The van der Waals surface area contributed by atoms with Gasteiger partial charge in [-0.05, 0) is 24.8 Å². The van der Waals surface area contributed by atoms with Gasteiger partial charge in [0.15, 0.2) is 0 Å². The summed E-state index contributed by atoms with van der Waals surface area (Å²) in [7, 11) is -11.4. The lowest BCUT2D eigenvalue weighted by molar-refractivity contribution is -0.241. The molecule has 0 aromatic carbocycles. The van der Waals surface area contributed by atoms with Crippen LogP contribution >= 0.6 is 15.2 Å². The molecule has 0 aromatic heterocycles. The Morgan fingerprint density at radius 2 is 1.32 bits per heavy atom. The number of carbonyl (C=O) groups is 2. The van der Waals surface area contributed by atoms with Crippen molar-refractivity contribution in [2.45, 2.75) is 64.2 Å². The fourth-order valence-corrected chi connectivity index (χ4v) is 4.79. The van der Waals surface area contributed by atoms with Crippen molar-refractivity contribution in [3.63, 3.8) is 0 Å². The number of aliphatic hydroxyl groups is 1. The Bertz CT molecular complexity index is 686. The van der Waals surface area contributed by atoms with Gasteiger partial charge in [0.25, 0.3) is 5.08 Å². The predicted molar refractivity (Wildman–Crippen MR) is 108 cm³/mol. The molecule has 31 heavy (non-hydrogen) atoms. The number of nitrogens with two attached hydrogens (primary N) is 3. The highest BCUT2D eigenvalue weighted by molar-refractivity contribution is 7.72. The first-order chi connectivity index (χ1) is 13.9. The number of rotatable bonds is 13. The average Bonchev–Trinajstić information content (AvgIpc) is 2.62. The second kappa shape index (κ2) is 11.8. The van der Waals surface area contributed by atoms with E-state index in [0.717, 1.165) is 0 Å². The molecule has 0 amide bonds. The van der Waals surface area contributed by atoms with Crippen molar-refractivity contribution in [3.05, 3.63) is 0 Å². The van der Waals surface area contributed by atoms with Crippen molar-refractivity contribution < 1.29 is 52.5 Å². The maximum absolute atomic E-state index is 12.7. The Morgan fingerprint density at radius 1 is 0.935 bits per heavy atom. The zero-order valence-electron chi connectivity index (χ0n) is 17.8. The van der Waals surface area contributed by atoms with Crippen LogP contribution in [0, 0.1) is 11.8 Å². The molecule has 0 radical (unpaired) electrons. The number of hydrogen-bond acceptors (Lipinski definition) is 11. The first-order valence-corrected chi connectivity index (χ1v) is 12.5. The third kappa shape index (κ3) is 8.17. The molecule has 0 saturated carbocycles. The first-order valence-electron chi connectivity index (χ1n) is 9.32. The molecule has 0 spiro atoms. The predicted octanol–water partition coefficient (Wildman–Crippen LogP) is -0.912. The average molecular weight is 493 g/mol. The van der Waals surface area contributed by atoms with E-state index in [-0.39, 0.29) is 13.0 Å². The molecule has 0 aromatic rings. The summed E-state index contributed by atoms with van der Waals surface area (Å²) in [5.41, 5.74) is 16.5. The van der Waals surface area contributed by atoms with E-state index in [0.29, 0.717) is 0 Å². The van der Waals surface area contributed by atoms with Crippen LogP contribution in [0.5, 0.6) is 0 Å². The summed E-state index contributed by atoms with van der Waals surface area (Å²) in [5, 5.41) is 6.72. The van der Waals surface area contributed by atoms with Crippen LogP contribution in [0.3, 0.4) is 0 Å². The maximum Gasteiger partial charge on any atom is 0.377 e. The molecule has 0 bridgehead atoms. The standard InChI is InChI=1S/C15H33N3O11P2/c1-8(2)10(17)12(19)27-14(28-13(20)11(18)9(3)4)29-31(25,26)15(21,6-5-7-16)30(22,23)24/h8-11,14,21H,5-7,16-18H2,1-4H3,(H,25,26)(H2,22,23,24)/t10-,11-,15?/m0/s1. The van der Waals surface area contributed by atoms with Crippen LogP contribution < -0.4 is 17.2 Å². The zero-order valence-corrected chi connectivity index (χ0v) is 19.6. The SMILES string of the molecule is CC(C)[C@H](N)C(=O)OC(OC(=O)[C@@H](N)C(C)C)OP(=O)(O)C(O)(CCCN)P(=O)(O)O. The van der Waals surface area contributed by atoms with Crippen LogP contribution in [-0.4, -0.2) is 61.9 Å². The second-order valence-electron chi connectivity index (χ2n) is 7.54. The number of ether oxygens (including phenoxy) is 2. The summed E-state index contributed by atoms with van der Waals surface area (Å²) in [6, 6.07) is -2.53. The Hall–Kier alpha value is -0.920. The molecule has 184 valence electrons. The molecule has 2 unspecified atom stereocenters. The van der Waals surface area contributed by atoms with Crippen LogP contribution in [0.1, 0.15) is 40.5 Å². The zero-order chi connectivity index (χ0) is 24.8. The molecule has 0 aliphatic rings. The summed E-state index contributed by atoms with van der Waals surface area (Å²) < 4.78 is 38.4. The lowest BCUT2D eigenvalue weighted by Gasteiger charge is -2.33. The quantitative estimate of drug-likeness (QED) is 0.0931. The smallest absolute Gasteiger partial charge is 0.377 e. The fraction of sp³-hybridized carbons (Fsp3) is 0.867. The van der Waals surface area contributed by atoms with Gasteiger partial charge in [-0.2, -0.15) is 0 Å². The van der Waals surface area contributed by atoms with E-state index in [9.17, 15) is 38.5 Å². The molecule has 0 fully saturated rings. The van der Waals surface area contributed by atoms with Crippen molar-refractivity contribution in [1.29, 1.82) is 0 Å². The van der Waals surface area contributed by atoms with Gasteiger partial charge in [-0.3, -0.25) is 18.7 Å². The fourth-order valence-electron chi connectivity index (χ4n) is 1.95. The first kappa shape index (κ1) is 30.1. The van der Waals surface area contributed by atoms with E-state index in [1.54, 1.807) is 27.7 Å². The molecular formula is C15H33N3O11P2. The van der Waals surface area contributed by atoms with E-state index in [1.165, 1.54) is 0 Å². The van der Waals surface area contributed by atoms with Crippen molar-refractivity contribution in [1.82, 2.24) is 0 Å². The molecule has 0 saturated heterocycles. The summed E-state index contributed by atoms with van der Waals surface area (Å²) in [5.74, 6) is -3.35. The molecule has 10 N–H and O–H groups in total. The normalized spacial score (nSPS) is 18.4. The van der Waals surface area contributed by atoms with Crippen LogP contribution in [0.4, 0.5) is 0 Å². The van der Waals surface area contributed by atoms with Gasteiger partial charge >= 0.3 is 33.6 Å². The number of hydrogen-bond donors (Lipinski definition) is 7. The molecule has 0 aliphatic carbocycles. The minimum Gasteiger partial charge on any atom is -0.399 e. The van der Waals surface area contributed by atoms with Crippen LogP contribution in [-0.2, 0) is 32.7 Å². The molecular weight excluding hydrogens is 460 g/mol. The van der Waals surface area contributed by atoms with Gasteiger partial charge in [0, 0.05) is 6.42 Å². The van der Waals surface area contributed by atoms with Gasteiger partial charge in [0.2, 0.25) is 0 Å². The molecule has 0 heterocycles. The third-order valence-electron chi connectivity index (χ3n) is 4.27. The Morgan fingerprint density at radius 3 is 1.61 bits per heavy atom. The van der Waals surface area contributed by atoms with Crippen molar-refractivity contribution in [2.24, 2.45) is 29.0 Å². The van der Waals surface area contributed by atoms with Gasteiger partial charge < -0.3 is 46.5 Å². The summed E-state index contributed by atoms with van der Waals surface area (Å²) >= 11 is 0. The summed E-state index contributed by atoms with van der Waals surface area (Å²) in [6.45, 7) is 3.44. The van der Waals surface area contributed by atoms with E-state index in [1.807, 2.05) is 0 Å². The molecule has 14 nitrogen and oxygen atoms in total. The van der Waals surface area contributed by atoms with Gasteiger partial charge in [0.1, 0.15) is 12.1 Å². The Labute approximate surface area is 180 Å². The highest BCUT2D eigenvalue weighted by Crippen LogP contribution is 2.72. The van der Waals surface area contributed by atoms with Crippen LogP contribution in [0.15, 0.2) is 0 Å². The van der Waals surface area contributed by atoms with Gasteiger partial charge in [0.05, 0.1) is 0 Å². The van der Waals surface area contributed by atoms with Crippen LogP contribution in [0.2, 0.25) is 0 Å². The Kier molecular flexibility index (Phi) is 11.5. The maximum atomic E-state index is 12.7. The summed E-state index contributed by atoms with van der Waals surface area (Å²) in [6.07, 6.45) is -1.23. The van der Waals surface area contributed by atoms with Crippen molar-refractivity contribution in [3.8, 4) is 0 Å². The lowest BCUT2D eigenvalue weighted by atomic mass is 10.1. The van der Waals surface area contributed by atoms with Gasteiger partial charge in [-0.15, -0.1) is 0 Å². The van der Waals surface area contributed by atoms with Gasteiger partial charge in [-0.25, -0.2) is 4.52 Å². The third-order valence-corrected chi connectivity index (χ3v) is 8.55. The number of esters is 2. The molecule has 4 atom stereocenters. The minimum absolute atomic E-state index is 0.192.